The number of aromatic nitrogens is 2. The van der Waals surface area contributed by atoms with Crippen molar-refractivity contribution in [1.82, 2.24) is 19.4 Å². The van der Waals surface area contributed by atoms with Crippen LogP contribution in [0.15, 0.2) is 30.6 Å². The molecule has 28 heavy (non-hydrogen) atoms. The molecule has 0 aliphatic carbocycles. The molecule has 0 unspecified atom stereocenters. The number of rotatable bonds is 6. The molecular weight excluding hydrogens is 364 g/mol. The molecule has 1 aromatic carbocycles. The normalized spacial score (nSPS) is 17.2. The first-order valence-electron chi connectivity index (χ1n) is 9.61. The Kier molecular flexibility index (Phi) is 6.61. The van der Waals surface area contributed by atoms with Crippen LogP contribution >= 0.6 is 0 Å². The van der Waals surface area contributed by atoms with Crippen LogP contribution in [0.25, 0.3) is 0 Å². The van der Waals surface area contributed by atoms with E-state index in [0.29, 0.717) is 13.1 Å². The molecule has 0 bridgehead atoms. The maximum absolute atomic E-state index is 13.4. The van der Waals surface area contributed by atoms with Gasteiger partial charge < -0.3 is 19.7 Å². The number of likely N-dealkylation sites (tertiary alicyclic amines) is 1. The maximum Gasteiger partial charge on any atom is 0.321 e. The number of piperidine rings is 1. The molecule has 3 rings (SSSR count). The summed E-state index contributed by atoms with van der Waals surface area (Å²) in [5.74, 6) is -0.742. The van der Waals surface area contributed by atoms with Gasteiger partial charge in [-0.25, -0.2) is 18.6 Å². The Morgan fingerprint density at radius 3 is 2.89 bits per heavy atom. The number of aryl methyl sites for hydroxylation is 1. The predicted molar refractivity (Wildman–Crippen MR) is 104 cm³/mol. The van der Waals surface area contributed by atoms with Gasteiger partial charge in [-0.05, 0) is 52.0 Å². The summed E-state index contributed by atoms with van der Waals surface area (Å²) in [7, 11) is 4.11. The average Bonchev–Trinajstić information content (AvgIpc) is 3.13. The summed E-state index contributed by atoms with van der Waals surface area (Å²) in [6.07, 6.45) is 6.68. The van der Waals surface area contributed by atoms with Crippen molar-refractivity contribution < 1.29 is 13.6 Å². The standard InChI is InChI=1S/C20H27F2N5O/c1-25(2)9-4-11-26-12-8-23-19(26)15-5-3-10-27(14-15)20(28)24-16-6-7-17(21)18(22)13-16/h6-8,12-13,15H,3-5,9-11,14H2,1-2H3,(H,24,28)/t15-/m0/s1. The predicted octanol–water partition coefficient (Wildman–Crippen LogP) is 3.52. The first-order chi connectivity index (χ1) is 13.4. The van der Waals surface area contributed by atoms with Crippen LogP contribution in [0.4, 0.5) is 19.3 Å². The molecule has 2 heterocycles. The Bertz CT molecular complexity index is 808. The molecule has 0 spiro atoms. The number of halogens is 2. The molecule has 8 heteroatoms. The second kappa shape index (κ2) is 9.14. The van der Waals surface area contributed by atoms with Crippen molar-refractivity contribution >= 4 is 11.7 Å². The molecule has 1 aliphatic rings. The van der Waals surface area contributed by atoms with Gasteiger partial charge in [0.15, 0.2) is 11.6 Å². The fourth-order valence-corrected chi connectivity index (χ4v) is 3.58. The van der Waals surface area contributed by atoms with E-state index in [1.54, 1.807) is 4.90 Å². The lowest BCUT2D eigenvalue weighted by Gasteiger charge is -2.32. The van der Waals surface area contributed by atoms with Crippen LogP contribution in [0.5, 0.6) is 0 Å². The van der Waals surface area contributed by atoms with Crippen molar-refractivity contribution in [2.45, 2.75) is 31.7 Å². The Balaban J connectivity index is 1.61. The molecule has 1 saturated heterocycles. The van der Waals surface area contributed by atoms with Gasteiger partial charge in [0.1, 0.15) is 5.82 Å². The number of anilines is 1. The zero-order valence-electron chi connectivity index (χ0n) is 16.4. The van der Waals surface area contributed by atoms with Gasteiger partial charge in [0.2, 0.25) is 0 Å². The highest BCUT2D eigenvalue weighted by atomic mass is 19.2. The Morgan fingerprint density at radius 1 is 1.32 bits per heavy atom. The number of nitrogens with zero attached hydrogens (tertiary/aromatic N) is 4. The summed E-state index contributed by atoms with van der Waals surface area (Å²) in [4.78, 5) is 21.0. The summed E-state index contributed by atoms with van der Waals surface area (Å²) >= 11 is 0. The highest BCUT2D eigenvalue weighted by Gasteiger charge is 2.27. The number of urea groups is 1. The van der Waals surface area contributed by atoms with Crippen molar-refractivity contribution in [2.24, 2.45) is 0 Å². The zero-order chi connectivity index (χ0) is 20.1. The minimum Gasteiger partial charge on any atom is -0.335 e. The summed E-state index contributed by atoms with van der Waals surface area (Å²) in [5, 5.41) is 2.65. The molecule has 1 atom stereocenters. The van der Waals surface area contributed by atoms with Gasteiger partial charge in [0.25, 0.3) is 0 Å². The van der Waals surface area contributed by atoms with Crippen LogP contribution in [0, 0.1) is 11.6 Å². The monoisotopic (exact) mass is 391 g/mol. The Morgan fingerprint density at radius 2 is 2.14 bits per heavy atom. The van der Waals surface area contributed by atoms with E-state index in [-0.39, 0.29) is 17.6 Å². The molecular formula is C20H27F2N5O. The molecule has 6 nitrogen and oxygen atoms in total. The molecule has 1 aliphatic heterocycles. The van der Waals surface area contributed by atoms with E-state index >= 15 is 0 Å². The average molecular weight is 391 g/mol. The van der Waals surface area contributed by atoms with Gasteiger partial charge in [-0.3, -0.25) is 0 Å². The van der Waals surface area contributed by atoms with Crippen LogP contribution in [0.2, 0.25) is 0 Å². The molecule has 1 N–H and O–H groups in total. The quantitative estimate of drug-likeness (QED) is 0.820. The summed E-state index contributed by atoms with van der Waals surface area (Å²) in [6, 6.07) is 3.05. The minimum absolute atomic E-state index is 0.166. The zero-order valence-corrected chi connectivity index (χ0v) is 16.4. The van der Waals surface area contributed by atoms with Gasteiger partial charge in [-0.15, -0.1) is 0 Å². The van der Waals surface area contributed by atoms with Crippen molar-refractivity contribution in [2.75, 3.05) is 39.0 Å². The van der Waals surface area contributed by atoms with Gasteiger partial charge in [0.05, 0.1) is 0 Å². The van der Waals surface area contributed by atoms with E-state index in [9.17, 15) is 13.6 Å². The van der Waals surface area contributed by atoms with E-state index in [2.05, 4.69) is 33.9 Å². The second-order valence-corrected chi connectivity index (χ2v) is 7.48. The van der Waals surface area contributed by atoms with E-state index in [1.807, 2.05) is 12.4 Å². The van der Waals surface area contributed by atoms with Crippen LogP contribution < -0.4 is 5.32 Å². The highest BCUT2D eigenvalue weighted by molar-refractivity contribution is 5.89. The lowest BCUT2D eigenvalue weighted by molar-refractivity contribution is 0.190. The smallest absolute Gasteiger partial charge is 0.321 e. The number of benzene rings is 1. The fourth-order valence-electron chi connectivity index (χ4n) is 3.58. The van der Waals surface area contributed by atoms with E-state index in [0.717, 1.165) is 50.3 Å². The number of imidazole rings is 1. The third-order valence-corrected chi connectivity index (χ3v) is 5.00. The SMILES string of the molecule is CN(C)CCCn1ccnc1[C@H]1CCCN(C(=O)Nc2ccc(F)c(F)c2)C1. The number of amides is 2. The number of hydrogen-bond acceptors (Lipinski definition) is 3. The molecule has 0 saturated carbocycles. The van der Waals surface area contributed by atoms with Crippen molar-refractivity contribution in [3.8, 4) is 0 Å². The third-order valence-electron chi connectivity index (χ3n) is 5.00. The maximum atomic E-state index is 13.4. The van der Waals surface area contributed by atoms with E-state index in [1.165, 1.54) is 6.07 Å². The lowest BCUT2D eigenvalue weighted by Crippen LogP contribution is -2.42. The van der Waals surface area contributed by atoms with Gasteiger partial charge >= 0.3 is 6.03 Å². The Hall–Kier alpha value is -2.48. The van der Waals surface area contributed by atoms with Crippen LogP contribution in [0.3, 0.4) is 0 Å². The van der Waals surface area contributed by atoms with Crippen LogP contribution in [-0.4, -0.2) is 59.1 Å². The Labute approximate surface area is 164 Å². The van der Waals surface area contributed by atoms with Gasteiger partial charge in [-0.1, -0.05) is 0 Å². The van der Waals surface area contributed by atoms with E-state index in [4.69, 9.17) is 0 Å². The second-order valence-electron chi connectivity index (χ2n) is 7.48. The topological polar surface area (TPSA) is 53.4 Å². The molecule has 1 aromatic heterocycles. The number of hydrogen-bond donors (Lipinski definition) is 1. The number of nitrogens with one attached hydrogen (secondary N) is 1. The molecule has 2 amide bonds. The molecule has 152 valence electrons. The lowest BCUT2D eigenvalue weighted by atomic mass is 9.97. The molecule has 2 aromatic rings. The van der Waals surface area contributed by atoms with Crippen LogP contribution in [0.1, 0.15) is 31.0 Å². The summed E-state index contributed by atoms with van der Waals surface area (Å²) < 4.78 is 28.6. The summed E-state index contributed by atoms with van der Waals surface area (Å²) in [5.41, 5.74) is 0.246. The van der Waals surface area contributed by atoms with Gasteiger partial charge in [0, 0.05) is 49.7 Å². The first kappa shape index (κ1) is 20.3. The number of carbonyl (C=O) groups is 1. The first-order valence-corrected chi connectivity index (χ1v) is 9.61. The van der Waals surface area contributed by atoms with Crippen molar-refractivity contribution in [3.05, 3.63) is 48.1 Å². The largest absolute Gasteiger partial charge is 0.335 e. The third kappa shape index (κ3) is 5.07. The van der Waals surface area contributed by atoms with Crippen molar-refractivity contribution in [3.63, 3.8) is 0 Å². The minimum atomic E-state index is -0.978. The molecule has 1 fully saturated rings. The van der Waals surface area contributed by atoms with Gasteiger partial charge in [-0.2, -0.15) is 0 Å². The van der Waals surface area contributed by atoms with Crippen LogP contribution in [-0.2, 0) is 6.54 Å². The van der Waals surface area contributed by atoms with Crippen molar-refractivity contribution in [1.29, 1.82) is 0 Å². The van der Waals surface area contributed by atoms with E-state index < -0.39 is 11.6 Å². The summed E-state index contributed by atoms with van der Waals surface area (Å²) in [6.45, 7) is 3.09. The molecule has 0 radical (unpaired) electrons. The fraction of sp³-hybridized carbons (Fsp3) is 0.500. The number of carbonyl (C=O) groups excluding carboxylic acids is 1. The highest BCUT2D eigenvalue weighted by Crippen LogP contribution is 2.26.